The standard InChI is InChI=1S/C11H21NO4/c1-3-16-11(15)5-7-12(8-9-13)6-4-10(2)14/h13H,3-9H2,1-2H3. The highest BCUT2D eigenvalue weighted by Gasteiger charge is 2.09. The van der Waals surface area contributed by atoms with E-state index in [2.05, 4.69) is 0 Å². The van der Waals surface area contributed by atoms with Gasteiger partial charge < -0.3 is 14.7 Å². The van der Waals surface area contributed by atoms with Gasteiger partial charge in [-0.15, -0.1) is 0 Å². The minimum absolute atomic E-state index is 0.0285. The zero-order chi connectivity index (χ0) is 12.4. The molecule has 0 radical (unpaired) electrons. The van der Waals surface area contributed by atoms with Crippen molar-refractivity contribution in [2.75, 3.05) is 32.8 Å². The normalized spacial score (nSPS) is 10.5. The maximum atomic E-state index is 11.1. The quantitative estimate of drug-likeness (QED) is 0.575. The predicted molar refractivity (Wildman–Crippen MR) is 60.1 cm³/mol. The van der Waals surface area contributed by atoms with Crippen molar-refractivity contribution in [2.45, 2.75) is 26.7 Å². The lowest BCUT2D eigenvalue weighted by Crippen LogP contribution is -2.31. The van der Waals surface area contributed by atoms with Crippen LogP contribution in [0.15, 0.2) is 0 Å². The molecule has 0 aliphatic carbocycles. The average molecular weight is 231 g/mol. The molecule has 0 rings (SSSR count). The molecule has 0 aromatic carbocycles. The van der Waals surface area contributed by atoms with Gasteiger partial charge >= 0.3 is 5.97 Å². The predicted octanol–water partition coefficient (Wildman–Crippen LogP) is 0.213. The maximum Gasteiger partial charge on any atom is 0.307 e. The molecular weight excluding hydrogens is 210 g/mol. The molecular formula is C11H21NO4. The van der Waals surface area contributed by atoms with Crippen LogP contribution in [0.4, 0.5) is 0 Å². The summed E-state index contributed by atoms with van der Waals surface area (Å²) in [4.78, 5) is 23.8. The van der Waals surface area contributed by atoms with Crippen LogP contribution < -0.4 is 0 Å². The third kappa shape index (κ3) is 8.38. The van der Waals surface area contributed by atoms with Gasteiger partial charge in [-0.1, -0.05) is 0 Å². The molecule has 0 bridgehead atoms. The molecule has 5 heteroatoms. The second kappa shape index (κ2) is 9.30. The van der Waals surface area contributed by atoms with E-state index in [4.69, 9.17) is 9.84 Å². The van der Waals surface area contributed by atoms with Crippen molar-refractivity contribution in [3.05, 3.63) is 0 Å². The number of hydrogen-bond acceptors (Lipinski definition) is 5. The van der Waals surface area contributed by atoms with E-state index in [1.807, 2.05) is 4.90 Å². The minimum Gasteiger partial charge on any atom is -0.466 e. The summed E-state index contributed by atoms with van der Waals surface area (Å²) in [5, 5.41) is 8.83. The van der Waals surface area contributed by atoms with Crippen LogP contribution in [-0.2, 0) is 14.3 Å². The molecule has 0 saturated carbocycles. The van der Waals surface area contributed by atoms with Crippen molar-refractivity contribution < 1.29 is 19.4 Å². The monoisotopic (exact) mass is 231 g/mol. The second-order valence-corrected chi connectivity index (χ2v) is 3.57. The van der Waals surface area contributed by atoms with Crippen LogP contribution in [0, 0.1) is 0 Å². The SMILES string of the molecule is CCOC(=O)CCN(CCO)CCC(C)=O. The second-order valence-electron chi connectivity index (χ2n) is 3.57. The molecule has 0 saturated heterocycles. The Labute approximate surface area is 96.4 Å². The van der Waals surface area contributed by atoms with Crippen LogP contribution in [-0.4, -0.2) is 54.6 Å². The fourth-order valence-electron chi connectivity index (χ4n) is 1.27. The van der Waals surface area contributed by atoms with E-state index in [9.17, 15) is 9.59 Å². The Balaban J connectivity index is 3.83. The van der Waals surface area contributed by atoms with E-state index >= 15 is 0 Å². The molecule has 0 spiro atoms. The molecule has 94 valence electrons. The number of carbonyl (C=O) groups is 2. The Morgan fingerprint density at radius 3 is 2.31 bits per heavy atom. The van der Waals surface area contributed by atoms with E-state index in [-0.39, 0.29) is 18.4 Å². The van der Waals surface area contributed by atoms with Crippen molar-refractivity contribution >= 4 is 11.8 Å². The molecule has 0 atom stereocenters. The van der Waals surface area contributed by atoms with Crippen LogP contribution in [0.5, 0.6) is 0 Å². The summed E-state index contributed by atoms with van der Waals surface area (Å²) in [7, 11) is 0. The maximum absolute atomic E-state index is 11.1. The first kappa shape index (κ1) is 15.1. The zero-order valence-electron chi connectivity index (χ0n) is 10.1. The van der Waals surface area contributed by atoms with Gasteiger partial charge in [-0.2, -0.15) is 0 Å². The van der Waals surface area contributed by atoms with E-state index in [1.165, 1.54) is 6.92 Å². The lowest BCUT2D eigenvalue weighted by atomic mass is 10.3. The van der Waals surface area contributed by atoms with Gasteiger partial charge in [0.25, 0.3) is 0 Å². The number of aliphatic hydroxyl groups is 1. The highest BCUT2D eigenvalue weighted by molar-refractivity contribution is 5.75. The zero-order valence-corrected chi connectivity index (χ0v) is 10.1. The summed E-state index contributed by atoms with van der Waals surface area (Å²) in [6, 6.07) is 0. The third-order valence-electron chi connectivity index (χ3n) is 2.13. The van der Waals surface area contributed by atoms with Crippen molar-refractivity contribution in [2.24, 2.45) is 0 Å². The van der Waals surface area contributed by atoms with E-state index < -0.39 is 0 Å². The van der Waals surface area contributed by atoms with E-state index in [0.29, 0.717) is 39.1 Å². The van der Waals surface area contributed by atoms with Gasteiger partial charge in [0.1, 0.15) is 5.78 Å². The average Bonchev–Trinajstić information content (AvgIpc) is 2.22. The first-order valence-electron chi connectivity index (χ1n) is 5.58. The van der Waals surface area contributed by atoms with Crippen molar-refractivity contribution in [3.63, 3.8) is 0 Å². The molecule has 0 aliphatic rings. The Bertz CT molecular complexity index is 218. The Morgan fingerprint density at radius 2 is 1.81 bits per heavy atom. The Morgan fingerprint density at radius 1 is 1.19 bits per heavy atom. The van der Waals surface area contributed by atoms with Gasteiger partial charge in [0, 0.05) is 26.1 Å². The van der Waals surface area contributed by atoms with E-state index in [0.717, 1.165) is 0 Å². The van der Waals surface area contributed by atoms with Gasteiger partial charge in [0.05, 0.1) is 19.6 Å². The van der Waals surface area contributed by atoms with Gasteiger partial charge in [0.2, 0.25) is 0 Å². The number of nitrogens with zero attached hydrogens (tertiary/aromatic N) is 1. The lowest BCUT2D eigenvalue weighted by Gasteiger charge is -2.19. The number of carbonyl (C=O) groups excluding carboxylic acids is 2. The van der Waals surface area contributed by atoms with Crippen LogP contribution in [0.1, 0.15) is 26.7 Å². The van der Waals surface area contributed by atoms with Crippen molar-refractivity contribution in [1.29, 1.82) is 0 Å². The van der Waals surface area contributed by atoms with Crippen molar-refractivity contribution in [3.8, 4) is 0 Å². The Kier molecular flexibility index (Phi) is 8.75. The number of aliphatic hydroxyl groups excluding tert-OH is 1. The molecule has 0 aromatic rings. The van der Waals surface area contributed by atoms with Crippen LogP contribution in [0.3, 0.4) is 0 Å². The van der Waals surface area contributed by atoms with Gasteiger partial charge in [-0.25, -0.2) is 0 Å². The fourth-order valence-corrected chi connectivity index (χ4v) is 1.27. The summed E-state index contributed by atoms with van der Waals surface area (Å²) in [5.74, 6) is -0.132. The number of esters is 1. The molecule has 0 aromatic heterocycles. The molecule has 0 fully saturated rings. The van der Waals surface area contributed by atoms with Gasteiger partial charge in [-0.3, -0.25) is 9.59 Å². The van der Waals surface area contributed by atoms with Gasteiger partial charge in [0.15, 0.2) is 0 Å². The number of ketones is 1. The summed E-state index contributed by atoms with van der Waals surface area (Å²) >= 11 is 0. The smallest absolute Gasteiger partial charge is 0.307 e. The number of Topliss-reactive ketones (excluding diaryl/α,β-unsaturated/α-hetero) is 1. The molecule has 0 unspecified atom stereocenters. The topological polar surface area (TPSA) is 66.8 Å². The highest BCUT2D eigenvalue weighted by atomic mass is 16.5. The number of ether oxygens (including phenoxy) is 1. The summed E-state index contributed by atoms with van der Waals surface area (Å²) in [5.41, 5.74) is 0. The molecule has 0 amide bonds. The lowest BCUT2D eigenvalue weighted by molar-refractivity contribution is -0.143. The Hall–Kier alpha value is -0.940. The molecule has 16 heavy (non-hydrogen) atoms. The molecule has 0 aliphatic heterocycles. The fraction of sp³-hybridized carbons (Fsp3) is 0.818. The highest BCUT2D eigenvalue weighted by Crippen LogP contribution is 1.96. The minimum atomic E-state index is -0.242. The van der Waals surface area contributed by atoms with Crippen LogP contribution in [0.2, 0.25) is 0 Å². The molecule has 1 N–H and O–H groups in total. The largest absolute Gasteiger partial charge is 0.466 e. The summed E-state index contributed by atoms with van der Waals surface area (Å²) < 4.78 is 4.80. The molecule has 0 heterocycles. The van der Waals surface area contributed by atoms with E-state index in [1.54, 1.807) is 6.92 Å². The number of hydrogen-bond donors (Lipinski definition) is 1. The first-order valence-corrected chi connectivity index (χ1v) is 5.58. The van der Waals surface area contributed by atoms with Crippen LogP contribution >= 0.6 is 0 Å². The summed E-state index contributed by atoms with van der Waals surface area (Å²) in [6.07, 6.45) is 0.745. The molecule has 5 nitrogen and oxygen atoms in total. The number of rotatable bonds is 9. The van der Waals surface area contributed by atoms with Crippen molar-refractivity contribution in [1.82, 2.24) is 4.90 Å². The summed E-state index contributed by atoms with van der Waals surface area (Å²) in [6.45, 7) is 5.28. The van der Waals surface area contributed by atoms with Gasteiger partial charge in [-0.05, 0) is 13.8 Å². The third-order valence-corrected chi connectivity index (χ3v) is 2.13. The first-order chi connectivity index (χ1) is 7.60. The van der Waals surface area contributed by atoms with Crippen LogP contribution in [0.25, 0.3) is 0 Å².